The van der Waals surface area contributed by atoms with E-state index in [9.17, 15) is 19.2 Å². The van der Waals surface area contributed by atoms with Crippen molar-refractivity contribution >= 4 is 23.9 Å². The van der Waals surface area contributed by atoms with Crippen LogP contribution in [0.25, 0.3) is 0 Å². The van der Waals surface area contributed by atoms with Gasteiger partial charge in [0.15, 0.2) is 0 Å². The van der Waals surface area contributed by atoms with Crippen LogP contribution in [-0.4, -0.2) is 61.9 Å². The summed E-state index contributed by atoms with van der Waals surface area (Å²) in [7, 11) is 5.83. The van der Waals surface area contributed by atoms with E-state index in [0.29, 0.717) is 0 Å². The molecule has 0 aliphatic heterocycles. The maximum Gasteiger partial charge on any atom is 0.323 e. The molecule has 0 saturated heterocycles. The Labute approximate surface area is 98.9 Å². The van der Waals surface area contributed by atoms with Gasteiger partial charge < -0.3 is 9.80 Å². The third-order valence-corrected chi connectivity index (χ3v) is 1.63. The Morgan fingerprint density at radius 2 is 1.06 bits per heavy atom. The molecule has 0 saturated carbocycles. The number of nitrogens with zero attached hydrogens (tertiary/aromatic N) is 2. The van der Waals surface area contributed by atoms with Crippen LogP contribution < -0.4 is 10.6 Å². The first-order valence-corrected chi connectivity index (χ1v) is 4.76. The van der Waals surface area contributed by atoms with Crippen LogP contribution in [0.4, 0.5) is 9.59 Å². The Bertz CT molecular complexity index is 306. The Hall–Kier alpha value is -2.12. The summed E-state index contributed by atoms with van der Waals surface area (Å²) >= 11 is 0. The first-order chi connectivity index (χ1) is 7.73. The minimum Gasteiger partial charge on any atom is -0.331 e. The van der Waals surface area contributed by atoms with E-state index in [1.807, 2.05) is 10.6 Å². The van der Waals surface area contributed by atoms with Crippen molar-refractivity contribution in [2.45, 2.75) is 6.42 Å². The minimum absolute atomic E-state index is 0.584. The summed E-state index contributed by atoms with van der Waals surface area (Å²) < 4.78 is 0. The summed E-state index contributed by atoms with van der Waals surface area (Å²) in [5.74, 6) is -1.54. The smallest absolute Gasteiger partial charge is 0.323 e. The molecule has 8 heteroatoms. The van der Waals surface area contributed by atoms with E-state index < -0.39 is 30.3 Å². The zero-order chi connectivity index (χ0) is 13.6. The van der Waals surface area contributed by atoms with Crippen molar-refractivity contribution in [2.24, 2.45) is 0 Å². The number of rotatable bonds is 2. The van der Waals surface area contributed by atoms with Crippen LogP contribution >= 0.6 is 0 Å². The highest BCUT2D eigenvalue weighted by Gasteiger charge is 2.16. The topological polar surface area (TPSA) is 98.8 Å². The largest absolute Gasteiger partial charge is 0.331 e. The van der Waals surface area contributed by atoms with E-state index in [0.717, 1.165) is 9.80 Å². The minimum atomic E-state index is -0.771. The Morgan fingerprint density at radius 1 is 0.765 bits per heavy atom. The second kappa shape index (κ2) is 6.46. The van der Waals surface area contributed by atoms with Gasteiger partial charge >= 0.3 is 12.1 Å². The molecule has 0 aromatic rings. The molecule has 96 valence electrons. The summed E-state index contributed by atoms with van der Waals surface area (Å²) in [6.07, 6.45) is -0.584. The van der Waals surface area contributed by atoms with Crippen molar-refractivity contribution in [3.63, 3.8) is 0 Å². The van der Waals surface area contributed by atoms with Gasteiger partial charge in [0, 0.05) is 28.2 Å². The second-order valence-electron chi connectivity index (χ2n) is 3.67. The van der Waals surface area contributed by atoms with Gasteiger partial charge in [-0.25, -0.2) is 9.59 Å². The molecular weight excluding hydrogens is 228 g/mol. The van der Waals surface area contributed by atoms with Gasteiger partial charge in [0.05, 0.1) is 0 Å². The fraction of sp³-hybridized carbons (Fsp3) is 0.556. The summed E-state index contributed by atoms with van der Waals surface area (Å²) in [5, 5.41) is 3.95. The van der Waals surface area contributed by atoms with Gasteiger partial charge in [-0.05, 0) is 0 Å². The Balaban J connectivity index is 4.09. The maximum atomic E-state index is 11.2. The molecule has 0 aromatic heterocycles. The highest BCUT2D eigenvalue weighted by molar-refractivity contribution is 6.07. The van der Waals surface area contributed by atoms with Crippen LogP contribution in [0.3, 0.4) is 0 Å². The Morgan fingerprint density at radius 3 is 1.29 bits per heavy atom. The quantitative estimate of drug-likeness (QED) is 0.607. The average molecular weight is 244 g/mol. The lowest BCUT2D eigenvalue weighted by atomic mass is 10.4. The van der Waals surface area contributed by atoms with E-state index in [-0.39, 0.29) is 0 Å². The molecule has 0 heterocycles. The van der Waals surface area contributed by atoms with Crippen molar-refractivity contribution in [3.8, 4) is 0 Å². The van der Waals surface area contributed by atoms with Crippen LogP contribution in [0.15, 0.2) is 0 Å². The SMILES string of the molecule is CN(C)C(=O)NC(=O)CC(=O)NC(=O)N(C)C. The van der Waals surface area contributed by atoms with Crippen LogP contribution in [0.1, 0.15) is 6.42 Å². The number of hydrogen-bond acceptors (Lipinski definition) is 4. The molecule has 8 nitrogen and oxygen atoms in total. The standard InChI is InChI=1S/C9H16N4O4/c1-12(2)8(16)10-6(14)5-7(15)11-9(17)13(3)4/h5H2,1-4H3,(H,10,14,16)(H,11,15,17). The van der Waals surface area contributed by atoms with Crippen molar-refractivity contribution in [3.05, 3.63) is 0 Å². The summed E-state index contributed by atoms with van der Waals surface area (Å²) in [5.41, 5.74) is 0. The lowest BCUT2D eigenvalue weighted by Gasteiger charge is -2.12. The van der Waals surface area contributed by atoms with E-state index >= 15 is 0 Å². The highest BCUT2D eigenvalue weighted by atomic mass is 16.2. The van der Waals surface area contributed by atoms with Crippen molar-refractivity contribution in [1.29, 1.82) is 0 Å². The molecule has 6 amide bonds. The van der Waals surface area contributed by atoms with Gasteiger partial charge in [0.1, 0.15) is 6.42 Å². The van der Waals surface area contributed by atoms with Crippen molar-refractivity contribution < 1.29 is 19.2 Å². The molecule has 0 radical (unpaired) electrons. The van der Waals surface area contributed by atoms with Gasteiger partial charge in [0.2, 0.25) is 11.8 Å². The molecular formula is C9H16N4O4. The van der Waals surface area contributed by atoms with Gasteiger partial charge in [-0.3, -0.25) is 20.2 Å². The molecule has 0 aromatic carbocycles. The summed E-state index contributed by atoms with van der Waals surface area (Å²) in [6, 6.07) is -1.25. The zero-order valence-electron chi connectivity index (χ0n) is 10.2. The van der Waals surface area contributed by atoms with Crippen LogP contribution in [-0.2, 0) is 9.59 Å². The molecule has 0 fully saturated rings. The first kappa shape index (κ1) is 14.9. The number of imide groups is 2. The normalized spacial score (nSPS) is 9.18. The first-order valence-electron chi connectivity index (χ1n) is 4.76. The average Bonchev–Trinajstić information content (AvgIpc) is 2.16. The third-order valence-electron chi connectivity index (χ3n) is 1.63. The number of amides is 6. The van der Waals surface area contributed by atoms with Crippen LogP contribution in [0, 0.1) is 0 Å². The summed E-state index contributed by atoms with van der Waals surface area (Å²) in [6.45, 7) is 0. The van der Waals surface area contributed by atoms with Gasteiger partial charge in [-0.1, -0.05) is 0 Å². The van der Waals surface area contributed by atoms with E-state index in [2.05, 4.69) is 0 Å². The molecule has 0 aliphatic rings. The number of nitrogens with one attached hydrogen (secondary N) is 2. The molecule has 2 N–H and O–H groups in total. The van der Waals surface area contributed by atoms with E-state index in [1.165, 1.54) is 28.2 Å². The zero-order valence-corrected chi connectivity index (χ0v) is 10.2. The molecule has 0 unspecified atom stereocenters. The Kier molecular flexibility index (Phi) is 5.65. The molecule has 0 bridgehead atoms. The fourth-order valence-corrected chi connectivity index (χ4v) is 0.696. The van der Waals surface area contributed by atoms with E-state index in [4.69, 9.17) is 0 Å². The van der Waals surface area contributed by atoms with Gasteiger partial charge in [0.25, 0.3) is 0 Å². The van der Waals surface area contributed by atoms with Crippen molar-refractivity contribution in [2.75, 3.05) is 28.2 Å². The monoisotopic (exact) mass is 244 g/mol. The number of urea groups is 2. The molecule has 0 spiro atoms. The van der Waals surface area contributed by atoms with E-state index in [1.54, 1.807) is 0 Å². The molecule has 17 heavy (non-hydrogen) atoms. The molecule has 0 aliphatic carbocycles. The second-order valence-corrected chi connectivity index (χ2v) is 3.67. The third kappa shape index (κ3) is 6.13. The predicted molar refractivity (Wildman–Crippen MR) is 59.1 cm³/mol. The van der Waals surface area contributed by atoms with Crippen molar-refractivity contribution in [1.82, 2.24) is 20.4 Å². The van der Waals surface area contributed by atoms with Gasteiger partial charge in [-0.15, -0.1) is 0 Å². The van der Waals surface area contributed by atoms with Crippen LogP contribution in [0.5, 0.6) is 0 Å². The summed E-state index contributed by atoms with van der Waals surface area (Å²) in [4.78, 5) is 46.8. The van der Waals surface area contributed by atoms with Gasteiger partial charge in [-0.2, -0.15) is 0 Å². The number of carbonyl (C=O) groups is 4. The lowest BCUT2D eigenvalue weighted by molar-refractivity contribution is -0.128. The fourth-order valence-electron chi connectivity index (χ4n) is 0.696. The highest BCUT2D eigenvalue weighted by Crippen LogP contribution is 1.85. The number of carbonyl (C=O) groups excluding carboxylic acids is 4. The maximum absolute atomic E-state index is 11.2. The number of hydrogen-bond donors (Lipinski definition) is 2. The molecule has 0 rings (SSSR count). The molecule has 0 atom stereocenters. The predicted octanol–water partition coefficient (Wildman–Crippen LogP) is -1.03. The lowest BCUT2D eigenvalue weighted by Crippen LogP contribution is -2.43. The van der Waals surface area contributed by atoms with Crippen LogP contribution in [0.2, 0.25) is 0 Å².